The number of carboxylic acids is 1. The lowest BCUT2D eigenvalue weighted by molar-refractivity contribution is -0.138. The van der Waals surface area contributed by atoms with E-state index in [4.69, 9.17) is 9.84 Å². The molecule has 2 rings (SSSR count). The van der Waals surface area contributed by atoms with Crippen LogP contribution in [0.5, 0.6) is 5.19 Å². The van der Waals surface area contributed by atoms with Gasteiger partial charge >= 0.3 is 5.97 Å². The van der Waals surface area contributed by atoms with E-state index in [2.05, 4.69) is 4.98 Å². The number of aromatic nitrogens is 1. The van der Waals surface area contributed by atoms with E-state index in [-0.39, 0.29) is 0 Å². The van der Waals surface area contributed by atoms with Crippen molar-refractivity contribution in [1.82, 2.24) is 4.98 Å². The highest BCUT2D eigenvalue weighted by atomic mass is 32.1. The molecule has 82 valence electrons. The lowest BCUT2D eigenvalue weighted by atomic mass is 10.2. The monoisotopic (exact) mass is 228 g/mol. The van der Waals surface area contributed by atoms with E-state index in [0.29, 0.717) is 11.6 Å². The number of methoxy groups -OCH3 is 1. The summed E-state index contributed by atoms with van der Waals surface area (Å²) < 4.78 is 4.98. The lowest BCUT2D eigenvalue weighted by Crippen LogP contribution is -2.35. The Morgan fingerprint density at radius 2 is 2.60 bits per heavy atom. The Hall–Kier alpha value is -1.30. The van der Waals surface area contributed by atoms with Crippen LogP contribution in [0, 0.1) is 0 Å². The van der Waals surface area contributed by atoms with Crippen molar-refractivity contribution < 1.29 is 14.6 Å². The third-order valence-electron chi connectivity index (χ3n) is 2.47. The van der Waals surface area contributed by atoms with Gasteiger partial charge in [-0.2, -0.15) is 0 Å². The molecule has 1 fully saturated rings. The molecule has 1 aromatic rings. The van der Waals surface area contributed by atoms with Crippen LogP contribution in [0.2, 0.25) is 0 Å². The molecule has 0 amide bonds. The number of hydrogen-bond donors (Lipinski definition) is 1. The van der Waals surface area contributed by atoms with Crippen LogP contribution in [-0.2, 0) is 4.79 Å². The van der Waals surface area contributed by atoms with Crippen LogP contribution in [0.3, 0.4) is 0 Å². The van der Waals surface area contributed by atoms with Gasteiger partial charge in [-0.3, -0.25) is 0 Å². The molecule has 0 spiro atoms. The van der Waals surface area contributed by atoms with Crippen LogP contribution in [-0.4, -0.2) is 35.8 Å². The van der Waals surface area contributed by atoms with Gasteiger partial charge in [-0.05, 0) is 12.8 Å². The molecular formula is C9H12N2O3S. The maximum atomic E-state index is 11.0. The Morgan fingerprint density at radius 3 is 3.20 bits per heavy atom. The SMILES string of the molecule is COc1ncc(N2CCCC2C(=O)O)s1. The van der Waals surface area contributed by atoms with Crippen molar-refractivity contribution in [2.75, 3.05) is 18.6 Å². The zero-order valence-electron chi connectivity index (χ0n) is 8.34. The Labute approximate surface area is 91.3 Å². The van der Waals surface area contributed by atoms with Gasteiger partial charge in [-0.1, -0.05) is 11.3 Å². The fourth-order valence-corrected chi connectivity index (χ4v) is 2.57. The van der Waals surface area contributed by atoms with Crippen molar-refractivity contribution in [2.45, 2.75) is 18.9 Å². The van der Waals surface area contributed by atoms with Gasteiger partial charge in [0.2, 0.25) is 0 Å². The number of ether oxygens (including phenoxy) is 1. The van der Waals surface area contributed by atoms with E-state index < -0.39 is 12.0 Å². The van der Waals surface area contributed by atoms with E-state index in [1.807, 2.05) is 4.90 Å². The van der Waals surface area contributed by atoms with Gasteiger partial charge in [0, 0.05) is 6.54 Å². The first-order chi connectivity index (χ1) is 7.22. The fourth-order valence-electron chi connectivity index (χ4n) is 1.76. The Kier molecular flexibility index (Phi) is 2.77. The average Bonchev–Trinajstić information content (AvgIpc) is 2.85. The molecule has 1 aliphatic heterocycles. The number of hydrogen-bond acceptors (Lipinski definition) is 5. The minimum atomic E-state index is -0.764. The Morgan fingerprint density at radius 1 is 1.80 bits per heavy atom. The second-order valence-electron chi connectivity index (χ2n) is 3.36. The van der Waals surface area contributed by atoms with Crippen LogP contribution in [0.4, 0.5) is 5.00 Å². The molecule has 2 heterocycles. The van der Waals surface area contributed by atoms with Gasteiger partial charge < -0.3 is 14.7 Å². The fraction of sp³-hybridized carbons (Fsp3) is 0.556. The predicted molar refractivity (Wildman–Crippen MR) is 56.7 cm³/mol. The molecule has 1 N–H and O–H groups in total. The molecule has 1 aliphatic rings. The second-order valence-corrected chi connectivity index (χ2v) is 4.33. The molecule has 15 heavy (non-hydrogen) atoms. The van der Waals surface area contributed by atoms with Crippen molar-refractivity contribution in [2.24, 2.45) is 0 Å². The van der Waals surface area contributed by atoms with E-state index in [9.17, 15) is 4.79 Å². The largest absolute Gasteiger partial charge is 0.480 e. The molecule has 1 saturated heterocycles. The van der Waals surface area contributed by atoms with E-state index in [1.54, 1.807) is 13.3 Å². The molecule has 0 saturated carbocycles. The Bertz CT molecular complexity index is 366. The van der Waals surface area contributed by atoms with E-state index in [0.717, 1.165) is 18.0 Å². The molecule has 0 radical (unpaired) electrons. The summed E-state index contributed by atoms with van der Waals surface area (Å²) >= 11 is 1.38. The molecular weight excluding hydrogens is 216 g/mol. The van der Waals surface area contributed by atoms with Gasteiger partial charge in [-0.25, -0.2) is 9.78 Å². The molecule has 1 unspecified atom stereocenters. The molecule has 0 aliphatic carbocycles. The molecule has 5 nitrogen and oxygen atoms in total. The summed E-state index contributed by atoms with van der Waals surface area (Å²) in [7, 11) is 1.56. The molecule has 0 bridgehead atoms. The molecule has 1 aromatic heterocycles. The second kappa shape index (κ2) is 4.06. The molecule has 1 atom stereocenters. The van der Waals surface area contributed by atoms with E-state index >= 15 is 0 Å². The first-order valence-electron chi connectivity index (χ1n) is 4.71. The van der Waals surface area contributed by atoms with Gasteiger partial charge in [0.15, 0.2) is 0 Å². The average molecular weight is 228 g/mol. The maximum absolute atomic E-state index is 11.0. The predicted octanol–water partition coefficient (Wildman–Crippen LogP) is 1.21. The van der Waals surface area contributed by atoms with Crippen LogP contribution >= 0.6 is 11.3 Å². The number of nitrogens with zero attached hydrogens (tertiary/aromatic N) is 2. The summed E-state index contributed by atoms with van der Waals surface area (Å²) in [5.74, 6) is -0.764. The lowest BCUT2D eigenvalue weighted by Gasteiger charge is -2.20. The van der Waals surface area contributed by atoms with Crippen molar-refractivity contribution in [1.29, 1.82) is 0 Å². The van der Waals surface area contributed by atoms with Crippen molar-refractivity contribution in [3.8, 4) is 5.19 Å². The quantitative estimate of drug-likeness (QED) is 0.842. The third kappa shape index (κ3) is 1.90. The molecule has 0 aromatic carbocycles. The Balaban J connectivity index is 2.18. The van der Waals surface area contributed by atoms with Gasteiger partial charge in [0.05, 0.1) is 13.3 Å². The smallest absolute Gasteiger partial charge is 0.326 e. The van der Waals surface area contributed by atoms with Crippen LogP contribution in [0.25, 0.3) is 0 Å². The summed E-state index contributed by atoms with van der Waals surface area (Å²) in [5, 5.41) is 10.5. The number of rotatable bonds is 3. The highest BCUT2D eigenvalue weighted by molar-refractivity contribution is 7.17. The summed E-state index contributed by atoms with van der Waals surface area (Å²) in [4.78, 5) is 16.9. The number of anilines is 1. The highest BCUT2D eigenvalue weighted by Crippen LogP contribution is 2.33. The summed E-state index contributed by atoms with van der Waals surface area (Å²) in [6.45, 7) is 0.780. The third-order valence-corrected chi connectivity index (χ3v) is 3.46. The van der Waals surface area contributed by atoms with Crippen LogP contribution in [0.1, 0.15) is 12.8 Å². The van der Waals surface area contributed by atoms with Crippen molar-refractivity contribution in [3.63, 3.8) is 0 Å². The molecule has 6 heteroatoms. The van der Waals surface area contributed by atoms with Crippen molar-refractivity contribution in [3.05, 3.63) is 6.20 Å². The summed E-state index contributed by atoms with van der Waals surface area (Å²) in [5.41, 5.74) is 0. The van der Waals surface area contributed by atoms with Crippen molar-refractivity contribution >= 4 is 22.3 Å². The van der Waals surface area contributed by atoms with E-state index in [1.165, 1.54) is 11.3 Å². The normalized spacial score (nSPS) is 20.6. The minimum absolute atomic E-state index is 0.407. The number of carbonyl (C=O) groups is 1. The first kappa shape index (κ1) is 10.2. The topological polar surface area (TPSA) is 62.7 Å². The number of aliphatic carboxylic acids is 1. The summed E-state index contributed by atoms with van der Waals surface area (Å²) in [6.07, 6.45) is 3.29. The van der Waals surface area contributed by atoms with Gasteiger partial charge in [0.25, 0.3) is 5.19 Å². The van der Waals surface area contributed by atoms with Gasteiger partial charge in [-0.15, -0.1) is 0 Å². The standard InChI is InChI=1S/C9H12N2O3S/c1-14-9-10-5-7(15-9)11-4-2-3-6(11)8(12)13/h5-6H,2-4H2,1H3,(H,12,13). The minimum Gasteiger partial charge on any atom is -0.480 e. The highest BCUT2D eigenvalue weighted by Gasteiger charge is 2.31. The zero-order chi connectivity index (χ0) is 10.8. The first-order valence-corrected chi connectivity index (χ1v) is 5.53. The number of thiazole rings is 1. The number of carboxylic acid groups (broad SMARTS) is 1. The zero-order valence-corrected chi connectivity index (χ0v) is 9.16. The summed E-state index contributed by atoms with van der Waals surface area (Å²) in [6, 6.07) is -0.407. The maximum Gasteiger partial charge on any atom is 0.326 e. The van der Waals surface area contributed by atoms with Crippen LogP contribution < -0.4 is 9.64 Å². The van der Waals surface area contributed by atoms with Crippen LogP contribution in [0.15, 0.2) is 6.20 Å². The van der Waals surface area contributed by atoms with Gasteiger partial charge in [0.1, 0.15) is 11.0 Å².